The van der Waals surface area contributed by atoms with Crippen molar-refractivity contribution in [3.63, 3.8) is 0 Å². The van der Waals surface area contributed by atoms with Crippen LogP contribution in [-0.2, 0) is 16.1 Å². The number of benzene rings is 2. The summed E-state index contributed by atoms with van der Waals surface area (Å²) in [4.78, 5) is 23.3. The minimum Gasteiger partial charge on any atom is -0.496 e. The van der Waals surface area contributed by atoms with E-state index < -0.39 is 11.9 Å². The van der Waals surface area contributed by atoms with Gasteiger partial charge in [0.1, 0.15) is 12.4 Å². The molecule has 2 aromatic rings. The maximum atomic E-state index is 11.8. The summed E-state index contributed by atoms with van der Waals surface area (Å²) < 4.78 is 10.3. The standard InChI is InChI=1S/C19H18O5/c1-13-16(23-2)10-8-15(18(13)19(21)22)9-11-17(20)24-12-14-6-4-3-5-7-14/h3-11H,12H2,1-2H3,(H,21,22). The fourth-order valence-corrected chi connectivity index (χ4v) is 2.29. The minimum atomic E-state index is -1.08. The predicted molar refractivity (Wildman–Crippen MR) is 90.0 cm³/mol. The Morgan fingerprint density at radius 1 is 1.12 bits per heavy atom. The zero-order chi connectivity index (χ0) is 17.5. The lowest BCUT2D eigenvalue weighted by Gasteiger charge is -2.10. The summed E-state index contributed by atoms with van der Waals surface area (Å²) in [5, 5.41) is 9.38. The van der Waals surface area contributed by atoms with Gasteiger partial charge in [0, 0.05) is 11.6 Å². The summed E-state index contributed by atoms with van der Waals surface area (Å²) in [6, 6.07) is 12.6. The summed E-state index contributed by atoms with van der Waals surface area (Å²) in [6.45, 7) is 1.82. The van der Waals surface area contributed by atoms with Gasteiger partial charge in [0.05, 0.1) is 12.7 Å². The lowest BCUT2D eigenvalue weighted by Crippen LogP contribution is -2.05. The van der Waals surface area contributed by atoms with Gasteiger partial charge in [0.25, 0.3) is 0 Å². The molecule has 2 rings (SSSR count). The molecule has 0 atom stereocenters. The average molecular weight is 326 g/mol. The van der Waals surface area contributed by atoms with E-state index in [1.807, 2.05) is 30.3 Å². The van der Waals surface area contributed by atoms with Gasteiger partial charge >= 0.3 is 11.9 Å². The van der Waals surface area contributed by atoms with Crippen LogP contribution in [0.1, 0.15) is 27.0 Å². The van der Waals surface area contributed by atoms with Gasteiger partial charge in [-0.15, -0.1) is 0 Å². The van der Waals surface area contributed by atoms with Gasteiger partial charge < -0.3 is 14.6 Å². The number of aromatic carboxylic acids is 1. The van der Waals surface area contributed by atoms with E-state index in [4.69, 9.17) is 9.47 Å². The van der Waals surface area contributed by atoms with Crippen molar-refractivity contribution in [1.82, 2.24) is 0 Å². The number of carboxylic acids is 1. The van der Waals surface area contributed by atoms with Crippen molar-refractivity contribution >= 4 is 18.0 Å². The number of carboxylic acid groups (broad SMARTS) is 1. The first kappa shape index (κ1) is 17.3. The van der Waals surface area contributed by atoms with Crippen LogP contribution in [0.4, 0.5) is 0 Å². The quantitative estimate of drug-likeness (QED) is 0.650. The van der Waals surface area contributed by atoms with E-state index in [9.17, 15) is 14.7 Å². The highest BCUT2D eigenvalue weighted by molar-refractivity contribution is 5.96. The number of ether oxygens (including phenoxy) is 2. The third-order valence-corrected chi connectivity index (χ3v) is 3.50. The molecule has 0 aliphatic rings. The summed E-state index contributed by atoms with van der Waals surface area (Å²) in [6.07, 6.45) is 2.65. The molecular weight excluding hydrogens is 308 g/mol. The zero-order valence-corrected chi connectivity index (χ0v) is 13.5. The summed E-state index contributed by atoms with van der Waals surface area (Å²) >= 11 is 0. The van der Waals surface area contributed by atoms with Crippen molar-refractivity contribution in [3.05, 3.63) is 70.8 Å². The first-order valence-electron chi connectivity index (χ1n) is 7.32. The number of hydrogen-bond donors (Lipinski definition) is 1. The molecule has 0 aliphatic heterocycles. The van der Waals surface area contributed by atoms with Gasteiger partial charge in [0.2, 0.25) is 0 Å². The van der Waals surface area contributed by atoms with E-state index >= 15 is 0 Å². The fraction of sp³-hybridized carbons (Fsp3) is 0.158. The Balaban J connectivity index is 2.12. The number of rotatable bonds is 6. The Hall–Kier alpha value is -3.08. The monoisotopic (exact) mass is 326 g/mol. The highest BCUT2D eigenvalue weighted by Crippen LogP contribution is 2.25. The van der Waals surface area contributed by atoms with E-state index in [2.05, 4.69) is 0 Å². The number of esters is 1. The fourth-order valence-electron chi connectivity index (χ4n) is 2.29. The van der Waals surface area contributed by atoms with Crippen LogP contribution < -0.4 is 4.74 Å². The number of hydrogen-bond acceptors (Lipinski definition) is 4. The molecule has 0 aliphatic carbocycles. The molecule has 1 N–H and O–H groups in total. The summed E-state index contributed by atoms with van der Waals surface area (Å²) in [5.41, 5.74) is 1.90. The molecule has 24 heavy (non-hydrogen) atoms. The van der Waals surface area contributed by atoms with Crippen LogP contribution in [-0.4, -0.2) is 24.2 Å². The normalized spacial score (nSPS) is 10.6. The molecule has 0 amide bonds. The topological polar surface area (TPSA) is 72.8 Å². The molecule has 0 saturated heterocycles. The molecule has 0 radical (unpaired) electrons. The van der Waals surface area contributed by atoms with Crippen molar-refractivity contribution in [1.29, 1.82) is 0 Å². The Bertz CT molecular complexity index is 763. The lowest BCUT2D eigenvalue weighted by molar-refractivity contribution is -0.138. The van der Waals surface area contributed by atoms with Gasteiger partial charge in [-0.2, -0.15) is 0 Å². The second-order valence-corrected chi connectivity index (χ2v) is 5.09. The molecule has 0 aromatic heterocycles. The van der Waals surface area contributed by atoms with Crippen LogP contribution in [0.3, 0.4) is 0 Å². The van der Waals surface area contributed by atoms with Crippen LogP contribution in [0, 0.1) is 6.92 Å². The first-order chi connectivity index (χ1) is 11.5. The molecule has 0 heterocycles. The summed E-state index contributed by atoms with van der Waals surface area (Å²) in [7, 11) is 1.48. The predicted octanol–water partition coefficient (Wildman–Crippen LogP) is 3.46. The van der Waals surface area contributed by atoms with E-state index in [1.165, 1.54) is 19.3 Å². The maximum absolute atomic E-state index is 11.8. The lowest BCUT2D eigenvalue weighted by atomic mass is 10.0. The van der Waals surface area contributed by atoms with E-state index in [-0.39, 0.29) is 12.2 Å². The second-order valence-electron chi connectivity index (χ2n) is 5.09. The smallest absolute Gasteiger partial charge is 0.336 e. The molecule has 2 aromatic carbocycles. The molecule has 0 saturated carbocycles. The molecule has 0 unspecified atom stereocenters. The Morgan fingerprint density at radius 2 is 1.83 bits per heavy atom. The van der Waals surface area contributed by atoms with Crippen molar-refractivity contribution in [2.75, 3.05) is 7.11 Å². The minimum absolute atomic E-state index is 0.0986. The van der Waals surface area contributed by atoms with Crippen LogP contribution in [0.5, 0.6) is 5.75 Å². The van der Waals surface area contributed by atoms with Gasteiger partial charge in [-0.25, -0.2) is 9.59 Å². The van der Waals surface area contributed by atoms with Crippen LogP contribution >= 0.6 is 0 Å². The molecule has 124 valence electrons. The van der Waals surface area contributed by atoms with Crippen molar-refractivity contribution in [2.45, 2.75) is 13.5 Å². The van der Waals surface area contributed by atoms with Gasteiger partial charge in [0.15, 0.2) is 0 Å². The van der Waals surface area contributed by atoms with Gasteiger partial charge in [-0.1, -0.05) is 36.4 Å². The van der Waals surface area contributed by atoms with Gasteiger partial charge in [-0.3, -0.25) is 0 Å². The van der Waals surface area contributed by atoms with Crippen LogP contribution in [0.15, 0.2) is 48.5 Å². The Morgan fingerprint density at radius 3 is 2.46 bits per heavy atom. The second kappa shape index (κ2) is 7.97. The summed E-state index contributed by atoms with van der Waals surface area (Å²) in [5.74, 6) is -1.14. The molecular formula is C19H18O5. The molecule has 0 spiro atoms. The highest BCUT2D eigenvalue weighted by Gasteiger charge is 2.15. The largest absolute Gasteiger partial charge is 0.496 e. The average Bonchev–Trinajstić information content (AvgIpc) is 2.58. The Kier molecular flexibility index (Phi) is 5.73. The van der Waals surface area contributed by atoms with Crippen LogP contribution in [0.25, 0.3) is 6.08 Å². The first-order valence-corrected chi connectivity index (χ1v) is 7.32. The van der Waals surface area contributed by atoms with Crippen molar-refractivity contribution in [2.24, 2.45) is 0 Å². The zero-order valence-electron chi connectivity index (χ0n) is 13.5. The molecule has 0 fully saturated rings. The Labute approximate surface area is 140 Å². The van der Waals surface area contributed by atoms with E-state index in [0.29, 0.717) is 16.9 Å². The molecule has 5 nitrogen and oxygen atoms in total. The van der Waals surface area contributed by atoms with Crippen molar-refractivity contribution < 1.29 is 24.2 Å². The van der Waals surface area contributed by atoms with Crippen LogP contribution in [0.2, 0.25) is 0 Å². The van der Waals surface area contributed by atoms with Gasteiger partial charge in [-0.05, 0) is 30.2 Å². The number of carbonyl (C=O) groups is 2. The maximum Gasteiger partial charge on any atom is 0.336 e. The molecule has 5 heteroatoms. The SMILES string of the molecule is COc1ccc(C=CC(=O)OCc2ccccc2)c(C(=O)O)c1C. The number of carbonyl (C=O) groups excluding carboxylic acids is 1. The highest BCUT2D eigenvalue weighted by atomic mass is 16.5. The van der Waals surface area contributed by atoms with E-state index in [0.717, 1.165) is 5.56 Å². The molecule has 0 bridgehead atoms. The van der Waals surface area contributed by atoms with E-state index in [1.54, 1.807) is 19.1 Å². The third kappa shape index (κ3) is 4.23. The third-order valence-electron chi connectivity index (χ3n) is 3.50. The van der Waals surface area contributed by atoms with Crippen molar-refractivity contribution in [3.8, 4) is 5.75 Å². The number of methoxy groups -OCH3 is 1.